The van der Waals surface area contributed by atoms with Gasteiger partial charge in [0.1, 0.15) is 5.82 Å². The molecule has 1 aromatic heterocycles. The van der Waals surface area contributed by atoms with Crippen molar-refractivity contribution in [2.24, 2.45) is 0 Å². The molecule has 0 aliphatic rings. The number of amides is 1. The Bertz CT molecular complexity index is 1340. The van der Waals surface area contributed by atoms with Crippen LogP contribution in [-0.2, 0) is 4.79 Å². The lowest BCUT2D eigenvalue weighted by molar-refractivity contribution is -0.113. The fourth-order valence-corrected chi connectivity index (χ4v) is 4.34. The van der Waals surface area contributed by atoms with Crippen LogP contribution in [0.15, 0.2) is 76.7 Å². The second-order valence-electron chi connectivity index (χ2n) is 6.50. The summed E-state index contributed by atoms with van der Waals surface area (Å²) in [5.74, 6) is -0.990. The highest BCUT2D eigenvalue weighted by Gasteiger charge is 2.17. The van der Waals surface area contributed by atoms with Gasteiger partial charge in [0.25, 0.3) is 5.56 Å². The molecular weight excluding hydrogens is 460 g/mol. The van der Waals surface area contributed by atoms with Crippen LogP contribution in [-0.4, -0.2) is 21.2 Å². The molecule has 0 aliphatic carbocycles. The summed E-state index contributed by atoms with van der Waals surface area (Å²) in [5, 5.41) is 4.03. The lowest BCUT2D eigenvalue weighted by Gasteiger charge is -2.14. The largest absolute Gasteiger partial charge is 0.325 e. The van der Waals surface area contributed by atoms with E-state index in [0.29, 0.717) is 26.6 Å². The molecule has 0 spiro atoms. The van der Waals surface area contributed by atoms with E-state index >= 15 is 0 Å². The third-order valence-electron chi connectivity index (χ3n) is 4.32. The fraction of sp³-hybridized carbons (Fsp3) is 0.0455. The monoisotopic (exact) mass is 473 g/mol. The van der Waals surface area contributed by atoms with E-state index in [-0.39, 0.29) is 22.5 Å². The molecule has 156 valence electrons. The molecule has 1 heterocycles. The van der Waals surface area contributed by atoms with Crippen LogP contribution < -0.4 is 10.9 Å². The molecule has 0 aliphatic heterocycles. The maximum atomic E-state index is 14.5. The molecule has 0 saturated carbocycles. The lowest BCUT2D eigenvalue weighted by atomic mass is 10.2. The van der Waals surface area contributed by atoms with Crippen molar-refractivity contribution >= 4 is 57.5 Å². The fourth-order valence-electron chi connectivity index (χ4n) is 3.01. The van der Waals surface area contributed by atoms with Gasteiger partial charge in [-0.05, 0) is 42.5 Å². The summed E-state index contributed by atoms with van der Waals surface area (Å²) in [6.07, 6.45) is 0. The van der Waals surface area contributed by atoms with E-state index in [9.17, 15) is 14.0 Å². The predicted octanol–water partition coefficient (Wildman–Crippen LogP) is 5.56. The molecule has 5 nitrogen and oxygen atoms in total. The van der Waals surface area contributed by atoms with Crippen LogP contribution in [0.25, 0.3) is 16.6 Å². The van der Waals surface area contributed by atoms with Crippen LogP contribution in [0.4, 0.5) is 10.1 Å². The first-order chi connectivity index (χ1) is 14.9. The van der Waals surface area contributed by atoms with Crippen LogP contribution in [0.2, 0.25) is 10.0 Å². The summed E-state index contributed by atoms with van der Waals surface area (Å²) in [4.78, 5) is 30.1. The van der Waals surface area contributed by atoms with Crippen LogP contribution in [0.3, 0.4) is 0 Å². The van der Waals surface area contributed by atoms with E-state index in [2.05, 4.69) is 10.3 Å². The maximum Gasteiger partial charge on any atom is 0.266 e. The number of nitrogens with one attached hydrogen (secondary N) is 1. The predicted molar refractivity (Wildman–Crippen MR) is 123 cm³/mol. The van der Waals surface area contributed by atoms with E-state index in [1.54, 1.807) is 48.5 Å². The number of halogens is 3. The zero-order valence-electron chi connectivity index (χ0n) is 15.8. The topological polar surface area (TPSA) is 64.0 Å². The summed E-state index contributed by atoms with van der Waals surface area (Å²) < 4.78 is 15.7. The summed E-state index contributed by atoms with van der Waals surface area (Å²) >= 11 is 12.9. The van der Waals surface area contributed by atoms with Crippen molar-refractivity contribution < 1.29 is 9.18 Å². The van der Waals surface area contributed by atoms with Crippen LogP contribution in [0.5, 0.6) is 0 Å². The zero-order valence-corrected chi connectivity index (χ0v) is 18.1. The zero-order chi connectivity index (χ0) is 22.0. The van der Waals surface area contributed by atoms with Crippen molar-refractivity contribution in [1.82, 2.24) is 9.55 Å². The minimum atomic E-state index is -0.568. The number of benzene rings is 3. The van der Waals surface area contributed by atoms with E-state index in [0.717, 1.165) is 11.8 Å². The SMILES string of the molecule is O=C(CSc1nc2ccccc2c(=O)n1-c1ccccc1F)Nc1cc(Cl)cc(Cl)c1. The third kappa shape index (κ3) is 4.74. The molecule has 0 atom stereocenters. The molecule has 3 aromatic carbocycles. The van der Waals surface area contributed by atoms with Gasteiger partial charge in [-0.3, -0.25) is 14.2 Å². The third-order valence-corrected chi connectivity index (χ3v) is 5.69. The second kappa shape index (κ2) is 9.09. The molecule has 1 amide bonds. The number of para-hydroxylation sites is 2. The molecule has 4 aromatic rings. The van der Waals surface area contributed by atoms with Gasteiger partial charge in [0, 0.05) is 15.7 Å². The molecule has 0 fully saturated rings. The molecule has 9 heteroatoms. The number of rotatable bonds is 5. The number of aromatic nitrogens is 2. The molecule has 0 unspecified atom stereocenters. The van der Waals surface area contributed by atoms with E-state index in [1.807, 2.05) is 0 Å². The Balaban J connectivity index is 1.68. The summed E-state index contributed by atoms with van der Waals surface area (Å²) in [6, 6.07) is 17.4. The van der Waals surface area contributed by atoms with Crippen LogP contribution in [0, 0.1) is 5.82 Å². The molecule has 4 rings (SSSR count). The first-order valence-electron chi connectivity index (χ1n) is 9.08. The van der Waals surface area contributed by atoms with Crippen molar-refractivity contribution in [2.75, 3.05) is 11.1 Å². The summed E-state index contributed by atoms with van der Waals surface area (Å²) in [5.41, 5.74) is 0.557. The van der Waals surface area contributed by atoms with E-state index in [4.69, 9.17) is 23.2 Å². The minimum Gasteiger partial charge on any atom is -0.325 e. The number of anilines is 1. The smallest absolute Gasteiger partial charge is 0.266 e. The Morgan fingerprint density at radius 3 is 2.45 bits per heavy atom. The van der Waals surface area contributed by atoms with Gasteiger partial charge in [-0.15, -0.1) is 0 Å². The number of carbonyl (C=O) groups excluding carboxylic acids is 1. The minimum absolute atomic E-state index is 0.0651. The highest BCUT2D eigenvalue weighted by molar-refractivity contribution is 7.99. The van der Waals surface area contributed by atoms with Crippen molar-refractivity contribution in [3.63, 3.8) is 0 Å². The molecule has 0 saturated heterocycles. The highest BCUT2D eigenvalue weighted by Crippen LogP contribution is 2.25. The first-order valence-corrected chi connectivity index (χ1v) is 10.8. The Morgan fingerprint density at radius 2 is 1.71 bits per heavy atom. The highest BCUT2D eigenvalue weighted by atomic mass is 35.5. The maximum absolute atomic E-state index is 14.5. The number of nitrogens with zero attached hydrogens (tertiary/aromatic N) is 2. The Morgan fingerprint density at radius 1 is 1.03 bits per heavy atom. The van der Waals surface area contributed by atoms with Crippen molar-refractivity contribution in [3.8, 4) is 5.69 Å². The van der Waals surface area contributed by atoms with Crippen LogP contribution >= 0.6 is 35.0 Å². The van der Waals surface area contributed by atoms with Crippen molar-refractivity contribution in [2.45, 2.75) is 5.16 Å². The number of carbonyl (C=O) groups is 1. The first kappa shape index (κ1) is 21.4. The molecule has 31 heavy (non-hydrogen) atoms. The standard InChI is InChI=1S/C22H14Cl2FN3O2S/c23-13-9-14(24)11-15(10-13)26-20(29)12-31-22-27-18-7-3-1-5-16(18)21(30)28(22)19-8-4-2-6-17(19)25/h1-11H,12H2,(H,26,29). The van der Waals surface area contributed by atoms with Crippen LogP contribution in [0.1, 0.15) is 0 Å². The van der Waals surface area contributed by atoms with Gasteiger partial charge in [0.05, 0.1) is 22.3 Å². The summed E-state index contributed by atoms with van der Waals surface area (Å²) in [6.45, 7) is 0. The molecule has 0 radical (unpaired) electrons. The van der Waals surface area contributed by atoms with Gasteiger partial charge in [-0.25, -0.2) is 9.37 Å². The normalized spacial score (nSPS) is 10.9. The molecule has 0 bridgehead atoms. The number of hydrogen-bond donors (Lipinski definition) is 1. The van der Waals surface area contributed by atoms with Crippen molar-refractivity contribution in [3.05, 3.63) is 92.9 Å². The Labute approximate surface area is 190 Å². The average molecular weight is 474 g/mol. The lowest BCUT2D eigenvalue weighted by Crippen LogP contribution is -2.23. The van der Waals surface area contributed by atoms with Gasteiger partial charge >= 0.3 is 0 Å². The van der Waals surface area contributed by atoms with Gasteiger partial charge in [-0.1, -0.05) is 59.2 Å². The quantitative estimate of drug-likeness (QED) is 0.304. The Kier molecular flexibility index (Phi) is 6.27. The molecule has 1 N–H and O–H groups in total. The number of fused-ring (bicyclic) bond motifs is 1. The number of hydrogen-bond acceptors (Lipinski definition) is 4. The second-order valence-corrected chi connectivity index (χ2v) is 8.31. The van der Waals surface area contributed by atoms with Gasteiger partial charge < -0.3 is 5.32 Å². The van der Waals surface area contributed by atoms with Crippen molar-refractivity contribution in [1.29, 1.82) is 0 Å². The van der Waals surface area contributed by atoms with E-state index < -0.39 is 11.4 Å². The van der Waals surface area contributed by atoms with E-state index in [1.165, 1.54) is 22.8 Å². The number of thioether (sulfide) groups is 1. The summed E-state index contributed by atoms with van der Waals surface area (Å²) in [7, 11) is 0. The molecular formula is C22H14Cl2FN3O2S. The average Bonchev–Trinajstić information content (AvgIpc) is 2.72. The van der Waals surface area contributed by atoms with Gasteiger partial charge in [0.2, 0.25) is 5.91 Å². The van der Waals surface area contributed by atoms with Gasteiger partial charge in [0.15, 0.2) is 5.16 Å². The Hall–Kier alpha value is -2.87. The van der Waals surface area contributed by atoms with Gasteiger partial charge in [-0.2, -0.15) is 0 Å².